The predicted octanol–water partition coefficient (Wildman–Crippen LogP) is 34.5. The van der Waals surface area contributed by atoms with Crippen molar-refractivity contribution >= 4 is 11.1 Å². The number of aryl methyl sites for hydroxylation is 24. The van der Waals surface area contributed by atoms with Gasteiger partial charge in [-0.05, 0) is 553 Å². The van der Waals surface area contributed by atoms with E-state index >= 15 is 0 Å². The zero-order valence-electron chi connectivity index (χ0n) is 87.2. The van der Waals surface area contributed by atoms with Gasteiger partial charge in [-0.3, -0.25) is 0 Å². The number of hydrogen-bond acceptors (Lipinski definition) is 0. The van der Waals surface area contributed by atoms with E-state index in [1.54, 1.807) is 0 Å². The van der Waals surface area contributed by atoms with E-state index in [4.69, 9.17) is 0 Å². The van der Waals surface area contributed by atoms with Crippen molar-refractivity contribution in [3.63, 3.8) is 0 Å². The van der Waals surface area contributed by atoms with Crippen LogP contribution in [0.5, 0.6) is 0 Å². The molecule has 0 unspecified atom stereocenters. The molecule has 0 bridgehead atoms. The van der Waals surface area contributed by atoms with E-state index in [9.17, 15) is 0 Å². The van der Waals surface area contributed by atoms with E-state index in [-0.39, 0.29) is 0 Å². The maximum absolute atomic E-state index is 3.77. The molecule has 690 valence electrons. The van der Waals surface area contributed by atoms with E-state index < -0.39 is 11.8 Å². The van der Waals surface area contributed by atoms with Gasteiger partial charge in [-0.15, -0.1) is 0 Å². The van der Waals surface area contributed by atoms with Crippen molar-refractivity contribution in [1.29, 1.82) is 0 Å². The van der Waals surface area contributed by atoms with Gasteiger partial charge in [0.1, 0.15) is 11.8 Å². The van der Waals surface area contributed by atoms with Gasteiger partial charge in [-0.2, -0.15) is 0 Å². The minimum atomic E-state index is -0.422. The molecule has 5 aliphatic carbocycles. The Hall–Kier alpha value is -16.5. The zero-order valence-corrected chi connectivity index (χ0v) is 87.2. The number of allylic oxidation sites excluding steroid dienone is 2. The average molecular weight is 1840 g/mol. The van der Waals surface area contributed by atoms with Gasteiger partial charge in [0.15, 0.2) is 0 Å². The molecule has 0 fully saturated rings. The van der Waals surface area contributed by atoms with Crippen LogP contribution in [0.4, 0.5) is 0 Å². The fourth-order valence-electron chi connectivity index (χ4n) is 25.7. The summed E-state index contributed by atoms with van der Waals surface area (Å²) in [5.74, 6) is 59.0. The first-order chi connectivity index (χ1) is 69.3. The molecule has 2 radical (unpaired) electrons. The third-order valence-corrected chi connectivity index (χ3v) is 30.4. The molecular weight excluding hydrogens is 1730 g/mol. The van der Waals surface area contributed by atoms with E-state index in [1.165, 1.54) is 178 Å². The van der Waals surface area contributed by atoms with Gasteiger partial charge in [-0.1, -0.05) is 262 Å². The van der Waals surface area contributed by atoms with Crippen LogP contribution in [0.25, 0.3) is 145 Å². The number of rotatable bonds is 10. The summed E-state index contributed by atoms with van der Waals surface area (Å²) in [6.07, 6.45) is 0. The van der Waals surface area contributed by atoms with Crippen LogP contribution < -0.4 is 0 Å². The maximum atomic E-state index is 3.77. The Morgan fingerprint density at radius 1 is 0.139 bits per heavy atom. The van der Waals surface area contributed by atoms with Crippen molar-refractivity contribution in [2.45, 2.75) is 178 Å². The highest BCUT2D eigenvalue weighted by Gasteiger charge is 2.39. The summed E-state index contributed by atoms with van der Waals surface area (Å²) < 4.78 is 0. The molecule has 0 aliphatic heterocycles. The summed E-state index contributed by atoms with van der Waals surface area (Å²) in [5.41, 5.74) is 69.0. The molecule has 5 aliphatic rings. The molecule has 144 heavy (non-hydrogen) atoms. The largest absolute Gasteiger partial charge is 0.133 e. The molecule has 16 aromatic rings. The smallest absolute Gasteiger partial charge is 0.0654 e. The quantitative estimate of drug-likeness (QED) is 0.120. The molecule has 0 aromatic heterocycles. The lowest BCUT2D eigenvalue weighted by Gasteiger charge is -2.17. The van der Waals surface area contributed by atoms with E-state index in [0.717, 1.165) is 145 Å². The highest BCUT2D eigenvalue weighted by atomic mass is 14.4. The van der Waals surface area contributed by atoms with Crippen molar-refractivity contribution in [3.8, 4) is 228 Å². The van der Waals surface area contributed by atoms with Crippen molar-refractivity contribution < 1.29 is 0 Å². The Morgan fingerprint density at radius 3 is 0.438 bits per heavy atom. The molecule has 0 atom stereocenters. The van der Waals surface area contributed by atoms with E-state index in [2.05, 4.69) is 504 Å². The summed E-state index contributed by atoms with van der Waals surface area (Å²) in [6.45, 7) is 53.2. The first-order valence-electron chi connectivity index (χ1n) is 50.4. The molecule has 0 saturated heterocycles. The average Bonchev–Trinajstić information content (AvgIpc) is 1.59. The fraction of sp³-hybridized carbons (Fsp3) is 0.181. The van der Waals surface area contributed by atoms with Crippen LogP contribution in [0.3, 0.4) is 0 Å². The molecular formula is C144H114. The number of hydrogen-bond donors (Lipinski definition) is 0. The molecule has 0 heteroatoms. The second-order valence-electron chi connectivity index (χ2n) is 41.6. The molecule has 21 rings (SSSR count). The van der Waals surface area contributed by atoms with Gasteiger partial charge in [-0.25, -0.2) is 0 Å². The molecule has 0 heterocycles. The SMILES string of the molecule is Cc1cc(C)c(-c2ccc3c(c2)-c2cc(-c4c(C)cc(C)cc4C)ccc2C3=C2C#CC#C[C](C3c4ccc(-c5c(C)cc(C)cc5C)cc4-c4cc(-c5c(C)cc(C)cc5C)ccc43)C#CC#CC(=C3c4ccc(-c5c(C)cc(C)cc5C)cc4-c4cc(-c5c(C)cc(C)cc5C)ccc43)C#CC#C[C](C3c4ccc(-c5c(C)cc(C)cc5C)cc4-c4cc(-c5c(C)cc(C)cc5C)ccc43)C#CC#C2)c(C)c1. The zero-order chi connectivity index (χ0) is 101. The topological polar surface area (TPSA) is 0 Å². The highest BCUT2D eigenvalue weighted by molar-refractivity contribution is 6.09. The summed E-state index contributed by atoms with van der Waals surface area (Å²) in [6, 6.07) is 92.8. The van der Waals surface area contributed by atoms with Gasteiger partial charge in [0.2, 0.25) is 0 Å². The standard InChI is InChI=1S/C144H114/c1-81-57-89(9)133(90(10)58-81)109-41-49-117-125(73-109)126-74-110(134-91(11)59-82(2)60-92(134)12)42-50-118(126)141(117)105-33-25-27-35-106(142-119-51-43-111(135-93(13)61-83(3)62-94(135)14)75-127(119)128-76-112(44-52-120(128)142)136-95(15)63-84(4)64-96(136)16)37-29-31-39-108(144-123-55-47-115(139-101(21)69-87(7)70-102(139)22)79-131(123)132-80-116(48-56-124(132)144)140-103(23)71-88(8)72-104(140)24)40-32-30-38-107(36-28-26-34-105)143-121-53-45-113(137-97(17)65-85(5)66-98(137)18)77-129(121)130-78-114(46-54-122(130)143)138-99(19)67-86(6)68-100(138)20/h41-80,141,144H,1-24H3. The second kappa shape index (κ2) is 37.2. The van der Waals surface area contributed by atoms with E-state index in [0.29, 0.717) is 23.0 Å². The van der Waals surface area contributed by atoms with Crippen LogP contribution in [-0.2, 0) is 0 Å². The Labute approximate surface area is 854 Å². The van der Waals surface area contributed by atoms with Crippen LogP contribution in [0.1, 0.15) is 190 Å². The normalized spacial score (nSPS) is 13.1. The Morgan fingerprint density at radius 2 is 0.278 bits per heavy atom. The van der Waals surface area contributed by atoms with Gasteiger partial charge < -0.3 is 0 Å². The summed E-state index contributed by atoms with van der Waals surface area (Å²) >= 11 is 0. The van der Waals surface area contributed by atoms with Crippen LogP contribution >= 0.6 is 0 Å². The monoisotopic (exact) mass is 1840 g/mol. The summed E-state index contributed by atoms with van der Waals surface area (Å²) in [5, 5.41) is 0. The Balaban J connectivity index is 0.835. The van der Waals surface area contributed by atoms with Crippen LogP contribution in [0, 0.1) is 273 Å². The summed E-state index contributed by atoms with van der Waals surface area (Å²) in [4.78, 5) is 0. The minimum Gasteiger partial charge on any atom is -0.0654 e. The molecule has 0 spiro atoms. The first kappa shape index (κ1) is 93.8. The van der Waals surface area contributed by atoms with Gasteiger partial charge in [0.25, 0.3) is 0 Å². The summed E-state index contributed by atoms with van der Waals surface area (Å²) in [7, 11) is 0. The van der Waals surface area contributed by atoms with Crippen LogP contribution in [-0.4, -0.2) is 0 Å². The van der Waals surface area contributed by atoms with Crippen molar-refractivity contribution in [1.82, 2.24) is 0 Å². The predicted molar refractivity (Wildman–Crippen MR) is 609 cm³/mol. The lowest BCUT2D eigenvalue weighted by Crippen LogP contribution is -2.07. The minimum absolute atomic E-state index is 0.422. The fourth-order valence-corrected chi connectivity index (χ4v) is 25.7. The van der Waals surface area contributed by atoms with E-state index in [1.807, 2.05) is 0 Å². The van der Waals surface area contributed by atoms with Crippen molar-refractivity contribution in [2.75, 3.05) is 0 Å². The van der Waals surface area contributed by atoms with Gasteiger partial charge in [0, 0.05) is 23.0 Å². The third kappa shape index (κ3) is 16.9. The molecule has 0 amide bonds. The lowest BCUT2D eigenvalue weighted by molar-refractivity contribution is 0.962. The van der Waals surface area contributed by atoms with Crippen molar-refractivity contribution in [3.05, 3.63) is 444 Å². The molecule has 0 N–H and O–H groups in total. The van der Waals surface area contributed by atoms with Crippen LogP contribution in [0.15, 0.2) is 254 Å². The Bertz CT molecular complexity index is 7850. The lowest BCUT2D eigenvalue weighted by atomic mass is 9.83. The third-order valence-electron chi connectivity index (χ3n) is 30.4. The Kier molecular flexibility index (Phi) is 24.2. The first-order valence-corrected chi connectivity index (χ1v) is 50.4. The van der Waals surface area contributed by atoms with Crippen molar-refractivity contribution in [2.24, 2.45) is 0 Å². The van der Waals surface area contributed by atoms with Gasteiger partial charge >= 0.3 is 0 Å². The second-order valence-corrected chi connectivity index (χ2v) is 41.6. The number of fused-ring (bicyclic) bond motifs is 12. The van der Waals surface area contributed by atoms with Crippen LogP contribution in [0.2, 0.25) is 0 Å². The molecule has 16 aromatic carbocycles. The molecule has 0 nitrogen and oxygen atoms in total. The van der Waals surface area contributed by atoms with Gasteiger partial charge in [0.05, 0.1) is 11.1 Å². The molecule has 0 saturated carbocycles. The number of benzene rings is 16. The highest BCUT2D eigenvalue weighted by Crippen LogP contribution is 2.57. The maximum Gasteiger partial charge on any atom is 0.133 e.